The molecule has 3 fully saturated rings. The minimum absolute atomic E-state index is 0. The van der Waals surface area contributed by atoms with Gasteiger partial charge in [-0.25, -0.2) is 4.79 Å². The molecule has 7 nitrogen and oxygen atoms in total. The number of hydrogen-bond acceptors (Lipinski definition) is 5. The van der Waals surface area contributed by atoms with Crippen molar-refractivity contribution >= 4 is 40.9 Å². The highest BCUT2D eigenvalue weighted by atomic mass is 35.5. The maximum Gasteiger partial charge on any atom is 0.336 e. The lowest BCUT2D eigenvalue weighted by Crippen LogP contribution is -2.67. The molecule has 4 atom stereocenters. The summed E-state index contributed by atoms with van der Waals surface area (Å²) in [5, 5.41) is 7.36. The standard InChI is InChI=1S/C23H27N3O4.ClH/c1-12-7-21(28)30-19-6-13(2)17(9-16(12)19)25-23(29)22-15-8-14(10-24-11-15)18-4-3-5-20(27)26(18)22;/h6-7,9,14-15,18,22,24H,3-5,8,10-11H2,1-2H3,(H,25,29);1H/t14-,15+,18+,22-;/m1./s1. The van der Waals surface area contributed by atoms with Gasteiger partial charge in [0.25, 0.3) is 0 Å². The molecule has 0 radical (unpaired) electrons. The highest BCUT2D eigenvalue weighted by molar-refractivity contribution is 6.00. The molecule has 3 aliphatic rings. The zero-order chi connectivity index (χ0) is 21.0. The van der Waals surface area contributed by atoms with Gasteiger partial charge in [-0.1, -0.05) is 0 Å². The molecular weight excluding hydrogens is 418 g/mol. The Morgan fingerprint density at radius 3 is 2.71 bits per heavy atom. The second-order valence-electron chi connectivity index (χ2n) is 9.02. The Labute approximate surface area is 187 Å². The number of aryl methyl sites for hydroxylation is 2. The van der Waals surface area contributed by atoms with Gasteiger partial charge in [-0.3, -0.25) is 9.59 Å². The van der Waals surface area contributed by atoms with E-state index >= 15 is 0 Å². The summed E-state index contributed by atoms with van der Waals surface area (Å²) < 4.78 is 5.31. The van der Waals surface area contributed by atoms with Gasteiger partial charge in [0, 0.05) is 42.1 Å². The van der Waals surface area contributed by atoms with Crippen LogP contribution in [0.15, 0.2) is 27.4 Å². The SMILES string of the molecule is Cc1cc2oc(=O)cc(C)c2cc1NC(=O)[C@H]1[C@@H]2CNC[C@@H](C2)[C@@H]2CCCC(=O)N21.Cl. The molecule has 1 aromatic heterocycles. The van der Waals surface area contributed by atoms with Crippen molar-refractivity contribution in [1.82, 2.24) is 10.2 Å². The maximum absolute atomic E-state index is 13.5. The number of rotatable bonds is 2. The fourth-order valence-corrected chi connectivity index (χ4v) is 5.66. The van der Waals surface area contributed by atoms with E-state index < -0.39 is 6.04 Å². The third-order valence-electron chi connectivity index (χ3n) is 7.07. The highest BCUT2D eigenvalue weighted by Crippen LogP contribution is 2.40. The van der Waals surface area contributed by atoms with E-state index in [9.17, 15) is 14.4 Å². The lowest BCUT2D eigenvalue weighted by atomic mass is 9.72. The third-order valence-corrected chi connectivity index (χ3v) is 7.07. The molecule has 1 aromatic carbocycles. The first kappa shape index (κ1) is 21.8. The van der Waals surface area contributed by atoms with E-state index in [0.29, 0.717) is 23.6 Å². The van der Waals surface area contributed by atoms with Crippen LogP contribution in [-0.4, -0.2) is 41.9 Å². The summed E-state index contributed by atoms with van der Waals surface area (Å²) in [5.74, 6) is 0.545. The Morgan fingerprint density at radius 1 is 1.13 bits per heavy atom. The van der Waals surface area contributed by atoms with Gasteiger partial charge in [-0.15, -0.1) is 12.4 Å². The van der Waals surface area contributed by atoms with Gasteiger partial charge in [-0.2, -0.15) is 0 Å². The Morgan fingerprint density at radius 2 is 1.90 bits per heavy atom. The molecule has 166 valence electrons. The molecule has 0 saturated carbocycles. The van der Waals surface area contributed by atoms with Crippen LogP contribution in [0.5, 0.6) is 0 Å². The smallest absolute Gasteiger partial charge is 0.336 e. The topological polar surface area (TPSA) is 91.6 Å². The first-order chi connectivity index (χ1) is 14.4. The number of carbonyl (C=O) groups is 2. The molecule has 8 heteroatoms. The summed E-state index contributed by atoms with van der Waals surface area (Å²) in [6.45, 7) is 5.41. The minimum atomic E-state index is -0.447. The number of fused-ring (bicyclic) bond motifs is 5. The van der Waals surface area contributed by atoms with Gasteiger partial charge in [0.1, 0.15) is 11.6 Å². The van der Waals surface area contributed by atoms with E-state index in [2.05, 4.69) is 10.6 Å². The van der Waals surface area contributed by atoms with E-state index in [1.807, 2.05) is 24.8 Å². The second-order valence-corrected chi connectivity index (χ2v) is 9.02. The number of hydrogen-bond donors (Lipinski definition) is 2. The first-order valence-corrected chi connectivity index (χ1v) is 10.8. The summed E-state index contributed by atoms with van der Waals surface area (Å²) >= 11 is 0. The normalized spacial score (nSPS) is 27.4. The monoisotopic (exact) mass is 445 g/mol. The molecule has 5 rings (SSSR count). The van der Waals surface area contributed by atoms with Crippen molar-refractivity contribution in [2.45, 2.75) is 51.6 Å². The average Bonchev–Trinajstić information content (AvgIpc) is 2.70. The van der Waals surface area contributed by atoms with Crippen molar-refractivity contribution in [2.75, 3.05) is 18.4 Å². The number of nitrogens with zero attached hydrogens (tertiary/aromatic N) is 1. The molecule has 2 N–H and O–H groups in total. The van der Waals surface area contributed by atoms with Crippen LogP contribution >= 0.6 is 12.4 Å². The number of halogens is 1. The Hall–Kier alpha value is -2.38. The predicted molar refractivity (Wildman–Crippen MR) is 121 cm³/mol. The third kappa shape index (κ3) is 3.74. The lowest BCUT2D eigenvalue weighted by Gasteiger charge is -2.53. The second kappa shape index (κ2) is 8.28. The van der Waals surface area contributed by atoms with Crippen molar-refractivity contribution in [1.29, 1.82) is 0 Å². The van der Waals surface area contributed by atoms with Crippen LogP contribution in [0.4, 0.5) is 5.69 Å². The van der Waals surface area contributed by atoms with Gasteiger partial charge in [-0.05, 0) is 68.8 Å². The molecule has 2 amide bonds. The van der Waals surface area contributed by atoms with Gasteiger partial charge in [0.15, 0.2) is 0 Å². The van der Waals surface area contributed by atoms with E-state index in [4.69, 9.17) is 4.42 Å². The van der Waals surface area contributed by atoms with Gasteiger partial charge in [0.05, 0.1) is 0 Å². The Balaban J connectivity index is 0.00000231. The zero-order valence-corrected chi connectivity index (χ0v) is 18.6. The number of anilines is 1. The summed E-state index contributed by atoms with van der Waals surface area (Å²) in [5.41, 5.74) is 2.45. The van der Waals surface area contributed by atoms with Gasteiger partial charge >= 0.3 is 5.63 Å². The van der Waals surface area contributed by atoms with Crippen LogP contribution in [0, 0.1) is 25.7 Å². The summed E-state index contributed by atoms with van der Waals surface area (Å²) in [4.78, 5) is 39.9. The van der Waals surface area contributed by atoms with E-state index in [1.54, 1.807) is 6.07 Å². The van der Waals surface area contributed by atoms with Crippen LogP contribution in [0.2, 0.25) is 0 Å². The van der Waals surface area contributed by atoms with Crippen molar-refractivity contribution in [3.8, 4) is 0 Å². The first-order valence-electron chi connectivity index (χ1n) is 10.8. The van der Waals surface area contributed by atoms with E-state index in [1.165, 1.54) is 6.07 Å². The molecule has 0 aliphatic carbocycles. The lowest BCUT2D eigenvalue weighted by molar-refractivity contribution is -0.155. The maximum atomic E-state index is 13.5. The van der Waals surface area contributed by atoms with E-state index in [0.717, 1.165) is 48.9 Å². The molecule has 0 unspecified atom stereocenters. The van der Waals surface area contributed by atoms with E-state index in [-0.39, 0.29) is 41.8 Å². The van der Waals surface area contributed by atoms with Crippen LogP contribution in [-0.2, 0) is 9.59 Å². The number of nitrogens with one attached hydrogen (secondary N) is 2. The fraction of sp³-hybridized carbons (Fsp3) is 0.522. The van der Waals surface area contributed by atoms with Crippen LogP contribution in [0.3, 0.4) is 0 Å². The van der Waals surface area contributed by atoms with Crippen molar-refractivity contribution in [3.05, 3.63) is 39.7 Å². The molecule has 2 aromatic rings. The summed E-state index contributed by atoms with van der Waals surface area (Å²) in [6, 6.07) is 4.81. The number of benzene rings is 1. The Bertz CT molecular complexity index is 1100. The fourth-order valence-electron chi connectivity index (χ4n) is 5.66. The van der Waals surface area contributed by atoms with Crippen molar-refractivity contribution in [2.24, 2.45) is 11.8 Å². The number of carbonyl (C=O) groups excluding carboxylic acids is 2. The number of amides is 2. The van der Waals surface area contributed by atoms with Crippen molar-refractivity contribution < 1.29 is 14.0 Å². The molecule has 3 saturated heterocycles. The van der Waals surface area contributed by atoms with Crippen molar-refractivity contribution in [3.63, 3.8) is 0 Å². The largest absolute Gasteiger partial charge is 0.423 e. The van der Waals surface area contributed by atoms with Crippen LogP contribution in [0.1, 0.15) is 36.8 Å². The molecule has 31 heavy (non-hydrogen) atoms. The van der Waals surface area contributed by atoms with Crippen LogP contribution in [0.25, 0.3) is 11.0 Å². The summed E-state index contributed by atoms with van der Waals surface area (Å²) in [6.07, 6.45) is 3.40. The molecule has 0 spiro atoms. The predicted octanol–water partition coefficient (Wildman–Crippen LogP) is 2.76. The average molecular weight is 446 g/mol. The van der Waals surface area contributed by atoms with Gasteiger partial charge < -0.3 is 20.0 Å². The molecular formula is C23H28ClN3O4. The number of piperidine rings is 3. The Kier molecular flexibility index (Phi) is 5.83. The molecule has 3 aliphatic heterocycles. The van der Waals surface area contributed by atoms with Crippen LogP contribution < -0.4 is 16.3 Å². The zero-order valence-electron chi connectivity index (χ0n) is 17.8. The highest BCUT2D eigenvalue weighted by Gasteiger charge is 2.50. The summed E-state index contributed by atoms with van der Waals surface area (Å²) in [7, 11) is 0. The minimum Gasteiger partial charge on any atom is -0.423 e. The quantitative estimate of drug-likeness (QED) is 0.693. The molecule has 2 bridgehead atoms. The van der Waals surface area contributed by atoms with Gasteiger partial charge in [0.2, 0.25) is 11.8 Å². The molecule has 4 heterocycles.